The number of piperidine rings is 1. The summed E-state index contributed by atoms with van der Waals surface area (Å²) in [5.41, 5.74) is 7.16. The molecule has 9 nitrogen and oxygen atoms in total. The smallest absolute Gasteiger partial charge is 0.246 e. The van der Waals surface area contributed by atoms with E-state index in [9.17, 15) is 19.1 Å². The molecule has 4 rings (SSSR count). The first-order valence-electron chi connectivity index (χ1n) is 13.3. The fourth-order valence-corrected chi connectivity index (χ4v) is 5.43. The van der Waals surface area contributed by atoms with Crippen molar-refractivity contribution in [2.24, 2.45) is 11.3 Å². The fraction of sp³-hybridized carbons (Fsp3) is 0.571. The lowest BCUT2D eigenvalue weighted by molar-refractivity contribution is -0.140. The van der Waals surface area contributed by atoms with Gasteiger partial charge in [0.1, 0.15) is 11.9 Å². The van der Waals surface area contributed by atoms with Crippen LogP contribution in [0.1, 0.15) is 53.4 Å². The Bertz CT molecular complexity index is 1160. The van der Waals surface area contributed by atoms with E-state index in [1.807, 2.05) is 27.7 Å². The number of nitrogens with one attached hydrogen (secondary N) is 1. The highest BCUT2D eigenvalue weighted by atomic mass is 19.1. The Labute approximate surface area is 223 Å². The number of aliphatic hydroxyl groups is 1. The Balaban J connectivity index is 1.36. The Hall–Kier alpha value is -3.27. The van der Waals surface area contributed by atoms with Gasteiger partial charge in [0, 0.05) is 37.7 Å². The Kier molecular flexibility index (Phi) is 8.20. The number of hydrogen-bond donors (Lipinski definition) is 3. The first kappa shape index (κ1) is 27.8. The lowest BCUT2D eigenvalue weighted by Crippen LogP contribution is -2.55. The molecule has 0 bridgehead atoms. The summed E-state index contributed by atoms with van der Waals surface area (Å²) in [5, 5.41) is 21.1. The topological polar surface area (TPSA) is 125 Å². The number of nitrogens with zero attached hydrogens (tertiary/aromatic N) is 4. The zero-order valence-electron chi connectivity index (χ0n) is 22.7. The first-order valence-corrected chi connectivity index (χ1v) is 13.3. The van der Waals surface area contributed by atoms with E-state index < -0.39 is 17.6 Å². The van der Waals surface area contributed by atoms with Crippen molar-refractivity contribution in [3.8, 4) is 11.3 Å². The van der Waals surface area contributed by atoms with Gasteiger partial charge in [0.2, 0.25) is 11.8 Å². The van der Waals surface area contributed by atoms with Crippen molar-refractivity contribution >= 4 is 23.3 Å². The van der Waals surface area contributed by atoms with Gasteiger partial charge in [0.05, 0.1) is 17.5 Å². The summed E-state index contributed by atoms with van der Waals surface area (Å²) in [7, 11) is 0. The van der Waals surface area contributed by atoms with Crippen molar-refractivity contribution in [3.63, 3.8) is 0 Å². The van der Waals surface area contributed by atoms with Crippen molar-refractivity contribution in [2.45, 2.75) is 71.6 Å². The van der Waals surface area contributed by atoms with E-state index in [4.69, 9.17) is 5.73 Å². The van der Waals surface area contributed by atoms with Crippen LogP contribution >= 0.6 is 0 Å². The number of benzene rings is 1. The van der Waals surface area contributed by atoms with Gasteiger partial charge in [-0.2, -0.15) is 0 Å². The molecule has 4 N–H and O–H groups in total. The molecule has 0 aliphatic carbocycles. The summed E-state index contributed by atoms with van der Waals surface area (Å²) in [5.74, 6) is -0.206. The predicted octanol–water partition coefficient (Wildman–Crippen LogP) is 2.98. The molecule has 0 radical (unpaired) electrons. The molecular weight excluding hydrogens is 487 g/mol. The summed E-state index contributed by atoms with van der Waals surface area (Å²) < 4.78 is 14.3. The largest absolute Gasteiger partial charge is 0.391 e. The quantitative estimate of drug-likeness (QED) is 0.529. The SMILES string of the molecule is C[C@@H]1C[C@@H](O)CN1C(=O)[C@@H](NC(=O)CC1CCN(c2cc(-c3ccccc3F)nnc2N)CC1)C(C)(C)C. The molecule has 2 aliphatic rings. The number of likely N-dealkylation sites (tertiary alicyclic amines) is 1. The molecule has 0 spiro atoms. The summed E-state index contributed by atoms with van der Waals surface area (Å²) >= 11 is 0. The average molecular weight is 527 g/mol. The number of aliphatic hydroxyl groups excluding tert-OH is 1. The van der Waals surface area contributed by atoms with Crippen molar-refractivity contribution in [1.29, 1.82) is 0 Å². The van der Waals surface area contributed by atoms with Crippen molar-refractivity contribution in [3.05, 3.63) is 36.1 Å². The van der Waals surface area contributed by atoms with E-state index in [-0.39, 0.29) is 35.4 Å². The summed E-state index contributed by atoms with van der Waals surface area (Å²) in [6.07, 6.45) is 1.90. The van der Waals surface area contributed by atoms with Crippen LogP contribution in [0.2, 0.25) is 0 Å². The average Bonchev–Trinajstić information content (AvgIpc) is 3.20. The molecule has 0 unspecified atom stereocenters. The van der Waals surface area contributed by atoms with Gasteiger partial charge < -0.3 is 26.0 Å². The number of hydrogen-bond acceptors (Lipinski definition) is 7. The van der Waals surface area contributed by atoms with Crippen LogP contribution in [0.5, 0.6) is 0 Å². The summed E-state index contributed by atoms with van der Waals surface area (Å²) in [6.45, 7) is 9.39. The number of halogens is 1. The summed E-state index contributed by atoms with van der Waals surface area (Å²) in [6, 6.07) is 7.47. The third kappa shape index (κ3) is 6.23. The van der Waals surface area contributed by atoms with E-state index in [1.165, 1.54) is 6.07 Å². The van der Waals surface area contributed by atoms with Gasteiger partial charge >= 0.3 is 0 Å². The third-order valence-electron chi connectivity index (χ3n) is 7.63. The molecule has 3 heterocycles. The fourth-order valence-electron chi connectivity index (χ4n) is 5.43. The van der Waals surface area contributed by atoms with Gasteiger partial charge in [-0.15, -0.1) is 10.2 Å². The molecule has 2 fully saturated rings. The minimum absolute atomic E-state index is 0.0578. The summed E-state index contributed by atoms with van der Waals surface area (Å²) in [4.78, 5) is 30.1. The number of carbonyl (C=O) groups is 2. The van der Waals surface area contributed by atoms with E-state index in [1.54, 1.807) is 29.2 Å². The molecular formula is C28H39FN6O3. The molecule has 1 aromatic carbocycles. The number of nitrogen functional groups attached to an aromatic ring is 1. The first-order chi connectivity index (χ1) is 17.9. The van der Waals surface area contributed by atoms with Crippen LogP contribution < -0.4 is 16.0 Å². The number of β-amino-alcohol motifs (C(OH)–C–C–N with tert-alkyl or cyclic N) is 1. The molecule has 10 heteroatoms. The van der Waals surface area contributed by atoms with Crippen molar-refractivity contribution < 1.29 is 19.1 Å². The molecule has 2 amide bonds. The number of nitrogens with two attached hydrogens (primary N) is 1. The van der Waals surface area contributed by atoms with Crippen molar-refractivity contribution in [1.82, 2.24) is 20.4 Å². The number of anilines is 2. The van der Waals surface area contributed by atoms with E-state index >= 15 is 0 Å². The van der Waals surface area contributed by atoms with E-state index in [0.29, 0.717) is 49.4 Å². The molecule has 2 aliphatic heterocycles. The molecule has 2 aromatic rings. The number of amides is 2. The Morgan fingerprint density at radius 1 is 1.21 bits per heavy atom. The van der Waals surface area contributed by atoms with Crippen LogP contribution in [-0.2, 0) is 9.59 Å². The van der Waals surface area contributed by atoms with Crippen LogP contribution in [0.15, 0.2) is 30.3 Å². The van der Waals surface area contributed by atoms with Gasteiger partial charge in [-0.3, -0.25) is 9.59 Å². The standard InChI is InChI=1S/C28H39FN6O3/c1-17-13-19(36)16-35(17)27(38)25(28(2,3)4)31-24(37)14-18-9-11-34(12-10-18)23-15-22(32-33-26(23)30)20-7-5-6-8-21(20)29/h5-8,15,17-19,25,36H,9-14,16H2,1-4H3,(H2,30,33)(H,31,37)/t17-,19-,25-/m1/s1. The highest BCUT2D eigenvalue weighted by Crippen LogP contribution is 2.32. The van der Waals surface area contributed by atoms with Crippen LogP contribution in [0, 0.1) is 17.2 Å². The van der Waals surface area contributed by atoms with Crippen LogP contribution in [0.3, 0.4) is 0 Å². The third-order valence-corrected chi connectivity index (χ3v) is 7.63. The second-order valence-electron chi connectivity index (χ2n) is 11.7. The second kappa shape index (κ2) is 11.2. The van der Waals surface area contributed by atoms with Gasteiger partial charge in [0.25, 0.3) is 0 Å². The van der Waals surface area contributed by atoms with Crippen LogP contribution in [0.4, 0.5) is 15.9 Å². The van der Waals surface area contributed by atoms with Crippen LogP contribution in [-0.4, -0.2) is 69.8 Å². The van der Waals surface area contributed by atoms with Gasteiger partial charge in [-0.25, -0.2) is 4.39 Å². The normalized spacial score (nSPS) is 21.4. The maximum absolute atomic E-state index is 14.3. The van der Waals surface area contributed by atoms with E-state index in [0.717, 1.165) is 12.8 Å². The molecule has 38 heavy (non-hydrogen) atoms. The number of aromatic nitrogens is 2. The zero-order chi connectivity index (χ0) is 27.6. The second-order valence-corrected chi connectivity index (χ2v) is 11.7. The van der Waals surface area contributed by atoms with Gasteiger partial charge in [0.15, 0.2) is 5.82 Å². The molecule has 0 saturated carbocycles. The highest BCUT2D eigenvalue weighted by molar-refractivity contribution is 5.88. The van der Waals surface area contributed by atoms with Gasteiger partial charge in [-0.1, -0.05) is 32.9 Å². The maximum atomic E-state index is 14.3. The van der Waals surface area contributed by atoms with Crippen molar-refractivity contribution in [2.75, 3.05) is 30.3 Å². The molecule has 1 aromatic heterocycles. The molecule has 206 valence electrons. The lowest BCUT2D eigenvalue weighted by atomic mass is 9.85. The van der Waals surface area contributed by atoms with E-state index in [2.05, 4.69) is 20.4 Å². The maximum Gasteiger partial charge on any atom is 0.246 e. The van der Waals surface area contributed by atoms with Crippen LogP contribution in [0.25, 0.3) is 11.3 Å². The number of carbonyl (C=O) groups excluding carboxylic acids is 2. The van der Waals surface area contributed by atoms with Gasteiger partial charge in [-0.05, 0) is 55.7 Å². The lowest BCUT2D eigenvalue weighted by Gasteiger charge is -2.36. The molecule has 3 atom stereocenters. The minimum Gasteiger partial charge on any atom is -0.391 e. The number of rotatable bonds is 6. The Morgan fingerprint density at radius 2 is 1.89 bits per heavy atom. The monoisotopic (exact) mass is 526 g/mol. The predicted molar refractivity (Wildman–Crippen MR) is 145 cm³/mol. The Morgan fingerprint density at radius 3 is 2.50 bits per heavy atom. The minimum atomic E-state index is -0.665. The highest BCUT2D eigenvalue weighted by Gasteiger charge is 2.40. The molecule has 2 saturated heterocycles. The zero-order valence-corrected chi connectivity index (χ0v) is 22.7.